The predicted octanol–water partition coefficient (Wildman–Crippen LogP) is 3.79. The maximum atomic E-state index is 4.43. The molecule has 1 aromatic heterocycles. The van der Waals surface area contributed by atoms with Gasteiger partial charge < -0.3 is 15.5 Å². The Morgan fingerprint density at radius 1 is 1.24 bits per heavy atom. The van der Waals surface area contributed by atoms with E-state index in [0.717, 1.165) is 30.8 Å². The minimum Gasteiger partial charge on any atom is -0.362 e. The van der Waals surface area contributed by atoms with E-state index in [1.54, 1.807) is 0 Å². The van der Waals surface area contributed by atoms with Gasteiger partial charge in [-0.15, -0.1) is 24.0 Å². The number of rotatable bonds is 8. The monoisotopic (exact) mass is 459 g/mol. The average molecular weight is 459 g/mol. The lowest BCUT2D eigenvalue weighted by Crippen LogP contribution is -2.37. The lowest BCUT2D eigenvalue weighted by molar-refractivity contribution is 0.472. The van der Waals surface area contributed by atoms with Crippen LogP contribution in [0.3, 0.4) is 0 Å². The van der Waals surface area contributed by atoms with E-state index in [1.165, 1.54) is 50.5 Å². The van der Waals surface area contributed by atoms with E-state index in [-0.39, 0.29) is 24.0 Å². The molecule has 0 radical (unpaired) electrons. The van der Waals surface area contributed by atoms with E-state index in [0.29, 0.717) is 0 Å². The molecular formula is C19H34IN5. The molecule has 0 bridgehead atoms. The Bertz CT molecular complexity index is 512. The van der Waals surface area contributed by atoms with Gasteiger partial charge in [-0.3, -0.25) is 4.99 Å². The summed E-state index contributed by atoms with van der Waals surface area (Å²) in [6.45, 7) is 1.71. The number of guanidine groups is 1. The molecule has 6 heteroatoms. The highest BCUT2D eigenvalue weighted by Crippen LogP contribution is 2.28. The molecule has 1 aromatic rings. The van der Waals surface area contributed by atoms with E-state index in [9.17, 15) is 0 Å². The van der Waals surface area contributed by atoms with Crippen LogP contribution in [-0.4, -0.2) is 38.6 Å². The molecule has 0 saturated heterocycles. The number of nitrogens with zero attached hydrogens (tertiary/aromatic N) is 3. The van der Waals surface area contributed by atoms with Crippen molar-refractivity contribution in [3.05, 3.63) is 23.9 Å². The van der Waals surface area contributed by atoms with Gasteiger partial charge in [-0.1, -0.05) is 44.6 Å². The van der Waals surface area contributed by atoms with Gasteiger partial charge in [-0.05, 0) is 18.4 Å². The van der Waals surface area contributed by atoms with Crippen LogP contribution in [0.5, 0.6) is 0 Å². The average Bonchev–Trinajstić information content (AvgIpc) is 3.11. The minimum absolute atomic E-state index is 0. The molecule has 0 unspecified atom stereocenters. The lowest BCUT2D eigenvalue weighted by Gasteiger charge is -2.17. The van der Waals surface area contributed by atoms with Crippen molar-refractivity contribution < 1.29 is 0 Å². The third-order valence-electron chi connectivity index (χ3n) is 4.77. The molecule has 0 atom stereocenters. The van der Waals surface area contributed by atoms with Gasteiger partial charge in [-0.2, -0.15) is 0 Å². The number of halogens is 1. The lowest BCUT2D eigenvalue weighted by atomic mass is 10.0. The van der Waals surface area contributed by atoms with Crippen LogP contribution in [0.4, 0.5) is 5.82 Å². The molecule has 0 amide bonds. The van der Waals surface area contributed by atoms with Gasteiger partial charge in [0.1, 0.15) is 5.82 Å². The number of unbranched alkanes of at least 4 members (excludes halogenated alkanes) is 1. The maximum Gasteiger partial charge on any atom is 0.191 e. The minimum atomic E-state index is 0. The Labute approximate surface area is 170 Å². The number of aliphatic imine (C=N–C) groups is 1. The summed E-state index contributed by atoms with van der Waals surface area (Å²) in [5.41, 5.74) is 1.17. The van der Waals surface area contributed by atoms with Gasteiger partial charge in [0.25, 0.3) is 0 Å². The highest BCUT2D eigenvalue weighted by Gasteiger charge is 2.13. The largest absolute Gasteiger partial charge is 0.362 e. The first-order valence-electron chi connectivity index (χ1n) is 9.26. The van der Waals surface area contributed by atoms with Crippen molar-refractivity contribution in [2.24, 2.45) is 10.9 Å². The number of nitrogens with one attached hydrogen (secondary N) is 2. The van der Waals surface area contributed by atoms with Gasteiger partial charge >= 0.3 is 0 Å². The van der Waals surface area contributed by atoms with Crippen LogP contribution in [0.25, 0.3) is 0 Å². The van der Waals surface area contributed by atoms with E-state index < -0.39 is 0 Å². The Kier molecular flexibility index (Phi) is 10.8. The van der Waals surface area contributed by atoms with Crippen molar-refractivity contribution in [2.75, 3.05) is 32.6 Å². The van der Waals surface area contributed by atoms with Crippen molar-refractivity contribution in [2.45, 2.75) is 51.5 Å². The standard InChI is InChI=1S/C19H33N5.HI/c1-20-19(22-13-7-6-11-16-9-4-5-10-16)23-15-17-12-8-14-21-18(17)24(2)3;/h8,12,14,16H,4-7,9-11,13,15H2,1-3H3,(H2,20,22,23);1H. The molecule has 1 fully saturated rings. The molecule has 1 aliphatic carbocycles. The quantitative estimate of drug-likeness (QED) is 0.269. The molecule has 2 rings (SSSR count). The summed E-state index contributed by atoms with van der Waals surface area (Å²) >= 11 is 0. The zero-order valence-electron chi connectivity index (χ0n) is 15.9. The van der Waals surface area contributed by atoms with Gasteiger partial charge in [0.15, 0.2) is 5.96 Å². The second-order valence-electron chi connectivity index (χ2n) is 6.88. The topological polar surface area (TPSA) is 52.6 Å². The molecule has 0 aromatic carbocycles. The van der Waals surface area contributed by atoms with E-state index in [2.05, 4.69) is 26.7 Å². The fraction of sp³-hybridized carbons (Fsp3) is 0.684. The zero-order valence-corrected chi connectivity index (χ0v) is 18.3. The summed E-state index contributed by atoms with van der Waals surface area (Å²) in [7, 11) is 5.86. The van der Waals surface area contributed by atoms with Crippen LogP contribution in [0.1, 0.15) is 50.5 Å². The first-order chi connectivity index (χ1) is 11.7. The van der Waals surface area contributed by atoms with Crippen molar-refractivity contribution in [3.63, 3.8) is 0 Å². The number of aromatic nitrogens is 1. The third-order valence-corrected chi connectivity index (χ3v) is 4.77. The van der Waals surface area contributed by atoms with E-state index in [4.69, 9.17) is 0 Å². The Morgan fingerprint density at radius 2 is 2.00 bits per heavy atom. The molecule has 5 nitrogen and oxygen atoms in total. The normalized spacial score (nSPS) is 14.9. The van der Waals surface area contributed by atoms with Gasteiger partial charge in [-0.25, -0.2) is 4.98 Å². The van der Waals surface area contributed by atoms with Crippen LogP contribution in [0, 0.1) is 5.92 Å². The molecular weight excluding hydrogens is 425 g/mol. The second kappa shape index (κ2) is 12.3. The van der Waals surface area contributed by atoms with Crippen LogP contribution < -0.4 is 15.5 Å². The second-order valence-corrected chi connectivity index (χ2v) is 6.88. The van der Waals surface area contributed by atoms with Crippen molar-refractivity contribution in [1.29, 1.82) is 0 Å². The first-order valence-corrected chi connectivity index (χ1v) is 9.26. The summed E-state index contributed by atoms with van der Waals surface area (Å²) < 4.78 is 0. The highest BCUT2D eigenvalue weighted by atomic mass is 127. The van der Waals surface area contributed by atoms with Crippen LogP contribution in [0.2, 0.25) is 0 Å². The Morgan fingerprint density at radius 3 is 2.68 bits per heavy atom. The fourth-order valence-electron chi connectivity index (χ4n) is 3.43. The molecule has 25 heavy (non-hydrogen) atoms. The SMILES string of the molecule is CN=C(NCCCCC1CCCC1)NCc1cccnc1N(C)C.I. The van der Waals surface area contributed by atoms with E-state index in [1.807, 2.05) is 38.3 Å². The first kappa shape index (κ1) is 22.0. The zero-order chi connectivity index (χ0) is 17.2. The number of anilines is 1. The summed E-state index contributed by atoms with van der Waals surface area (Å²) in [6.07, 6.45) is 11.6. The molecule has 1 heterocycles. The van der Waals surface area contributed by atoms with Gasteiger partial charge in [0.2, 0.25) is 0 Å². The van der Waals surface area contributed by atoms with Crippen molar-refractivity contribution in [3.8, 4) is 0 Å². The molecule has 2 N–H and O–H groups in total. The third kappa shape index (κ3) is 7.79. The van der Waals surface area contributed by atoms with Crippen LogP contribution >= 0.6 is 24.0 Å². The van der Waals surface area contributed by atoms with Crippen LogP contribution in [-0.2, 0) is 6.54 Å². The van der Waals surface area contributed by atoms with Crippen molar-refractivity contribution in [1.82, 2.24) is 15.6 Å². The summed E-state index contributed by atoms with van der Waals surface area (Å²) in [6, 6.07) is 4.08. The Balaban J connectivity index is 0.00000312. The molecule has 142 valence electrons. The Hall–Kier alpha value is -1.05. The van der Waals surface area contributed by atoms with Crippen molar-refractivity contribution >= 4 is 35.8 Å². The molecule has 1 saturated carbocycles. The summed E-state index contributed by atoms with van der Waals surface area (Å²) in [4.78, 5) is 10.8. The molecule has 0 aliphatic heterocycles. The molecule has 1 aliphatic rings. The highest BCUT2D eigenvalue weighted by molar-refractivity contribution is 14.0. The number of hydrogen-bond donors (Lipinski definition) is 2. The van der Waals surface area contributed by atoms with Crippen LogP contribution in [0.15, 0.2) is 23.3 Å². The molecule has 0 spiro atoms. The number of pyridine rings is 1. The summed E-state index contributed by atoms with van der Waals surface area (Å²) in [5, 5.41) is 6.80. The van der Waals surface area contributed by atoms with Gasteiger partial charge in [0, 0.05) is 46.0 Å². The van der Waals surface area contributed by atoms with E-state index >= 15 is 0 Å². The number of hydrogen-bond acceptors (Lipinski definition) is 3. The maximum absolute atomic E-state index is 4.43. The summed E-state index contributed by atoms with van der Waals surface area (Å²) in [5.74, 6) is 2.86. The fourth-order valence-corrected chi connectivity index (χ4v) is 3.43. The predicted molar refractivity (Wildman–Crippen MR) is 118 cm³/mol. The van der Waals surface area contributed by atoms with Gasteiger partial charge in [0.05, 0.1) is 0 Å². The smallest absolute Gasteiger partial charge is 0.191 e.